The summed E-state index contributed by atoms with van der Waals surface area (Å²) in [6, 6.07) is 11.8. The summed E-state index contributed by atoms with van der Waals surface area (Å²) in [6.45, 7) is 6.82. The Labute approximate surface area is 187 Å². The summed E-state index contributed by atoms with van der Waals surface area (Å²) in [6.07, 6.45) is 4.82. The zero-order valence-electron chi connectivity index (χ0n) is 17.9. The van der Waals surface area contributed by atoms with E-state index in [0.29, 0.717) is 23.8 Å². The number of nitrogens with zero attached hydrogens (tertiary/aromatic N) is 4. The summed E-state index contributed by atoms with van der Waals surface area (Å²) in [7, 11) is 0. The minimum atomic E-state index is -0.513. The van der Waals surface area contributed by atoms with Gasteiger partial charge in [-0.3, -0.25) is 9.55 Å². The van der Waals surface area contributed by atoms with Crippen LogP contribution in [0, 0.1) is 11.3 Å². The molecule has 1 aliphatic rings. The van der Waals surface area contributed by atoms with Gasteiger partial charge in [-0.15, -0.1) is 0 Å². The normalized spacial score (nSPS) is 15.1. The smallest absolute Gasteiger partial charge is 0.410 e. The van der Waals surface area contributed by atoms with Gasteiger partial charge in [0.05, 0.1) is 11.7 Å². The number of fused-ring (bicyclic) bond motifs is 1. The van der Waals surface area contributed by atoms with Crippen LogP contribution in [-0.2, 0) is 4.74 Å². The molecular weight excluding hydrogens is 412 g/mol. The highest BCUT2D eigenvalue weighted by atomic mass is 35.5. The van der Waals surface area contributed by atoms with Gasteiger partial charge in [0.1, 0.15) is 17.4 Å². The summed E-state index contributed by atoms with van der Waals surface area (Å²) < 4.78 is 7.47. The Kier molecular flexibility index (Phi) is 5.63. The molecule has 7 heteroatoms. The Hall–Kier alpha value is -3.04. The maximum atomic E-state index is 12.4. The minimum absolute atomic E-state index is 0.173. The summed E-state index contributed by atoms with van der Waals surface area (Å²) in [5, 5.41) is 11.8. The molecule has 2 aromatic heterocycles. The van der Waals surface area contributed by atoms with Crippen LogP contribution in [0.2, 0.25) is 5.02 Å². The third-order valence-corrected chi connectivity index (χ3v) is 5.81. The monoisotopic (exact) mass is 436 g/mol. The van der Waals surface area contributed by atoms with Gasteiger partial charge in [0.2, 0.25) is 0 Å². The highest BCUT2D eigenvalue weighted by Gasteiger charge is 2.31. The fourth-order valence-electron chi connectivity index (χ4n) is 4.22. The molecule has 160 valence electrons. The van der Waals surface area contributed by atoms with Crippen LogP contribution in [0.1, 0.15) is 50.8 Å². The van der Waals surface area contributed by atoms with Gasteiger partial charge in [-0.25, -0.2) is 4.79 Å². The van der Waals surface area contributed by atoms with E-state index in [1.807, 2.05) is 55.7 Å². The highest BCUT2D eigenvalue weighted by molar-refractivity contribution is 6.30. The number of pyridine rings is 1. The molecule has 1 fully saturated rings. The van der Waals surface area contributed by atoms with E-state index in [4.69, 9.17) is 16.3 Å². The third-order valence-electron chi connectivity index (χ3n) is 5.56. The molecule has 0 saturated carbocycles. The number of hydrogen-bond donors (Lipinski definition) is 0. The van der Waals surface area contributed by atoms with Crippen molar-refractivity contribution in [3.05, 3.63) is 59.0 Å². The number of ether oxygens (including phenoxy) is 1. The molecule has 0 N–H and O–H groups in total. The van der Waals surface area contributed by atoms with Gasteiger partial charge in [0.25, 0.3) is 0 Å². The van der Waals surface area contributed by atoms with E-state index < -0.39 is 5.60 Å². The number of rotatable bonds is 2. The summed E-state index contributed by atoms with van der Waals surface area (Å²) in [5.41, 5.74) is 2.89. The lowest BCUT2D eigenvalue weighted by Crippen LogP contribution is -2.41. The molecule has 0 spiro atoms. The van der Waals surface area contributed by atoms with E-state index in [0.717, 1.165) is 35.0 Å². The van der Waals surface area contributed by atoms with E-state index in [2.05, 4.69) is 11.1 Å². The molecule has 1 amide bonds. The van der Waals surface area contributed by atoms with Gasteiger partial charge >= 0.3 is 6.09 Å². The van der Waals surface area contributed by atoms with Crippen molar-refractivity contribution in [1.82, 2.24) is 14.5 Å². The Morgan fingerprint density at radius 1 is 1.19 bits per heavy atom. The topological polar surface area (TPSA) is 71.2 Å². The van der Waals surface area contributed by atoms with Gasteiger partial charge in [-0.05, 0) is 75.4 Å². The fraction of sp³-hybridized carbons (Fsp3) is 0.375. The van der Waals surface area contributed by atoms with Crippen molar-refractivity contribution >= 4 is 28.6 Å². The van der Waals surface area contributed by atoms with Crippen molar-refractivity contribution in [2.24, 2.45) is 0 Å². The molecule has 1 aromatic carbocycles. The molecule has 31 heavy (non-hydrogen) atoms. The van der Waals surface area contributed by atoms with Gasteiger partial charge in [0, 0.05) is 35.4 Å². The summed E-state index contributed by atoms with van der Waals surface area (Å²) in [5.74, 6) is 0.173. The number of halogens is 1. The average Bonchev–Trinajstić information content (AvgIpc) is 3.07. The molecule has 0 atom stereocenters. The van der Waals surface area contributed by atoms with Crippen LogP contribution in [0.5, 0.6) is 0 Å². The molecule has 0 bridgehead atoms. The second kappa shape index (κ2) is 8.24. The average molecular weight is 437 g/mol. The lowest BCUT2D eigenvalue weighted by molar-refractivity contribution is 0.0205. The van der Waals surface area contributed by atoms with Crippen LogP contribution in [-0.4, -0.2) is 39.2 Å². The van der Waals surface area contributed by atoms with Crippen LogP contribution in [0.4, 0.5) is 4.79 Å². The number of carbonyl (C=O) groups excluding carboxylic acids is 1. The number of aromatic nitrogens is 2. The zero-order chi connectivity index (χ0) is 22.2. The largest absolute Gasteiger partial charge is 0.444 e. The van der Waals surface area contributed by atoms with E-state index >= 15 is 0 Å². The van der Waals surface area contributed by atoms with E-state index in [1.54, 1.807) is 17.3 Å². The van der Waals surface area contributed by atoms with Crippen molar-refractivity contribution < 1.29 is 9.53 Å². The predicted molar refractivity (Wildman–Crippen MR) is 121 cm³/mol. The molecule has 0 aliphatic carbocycles. The highest BCUT2D eigenvalue weighted by Crippen LogP contribution is 2.39. The molecular formula is C24H25ClN4O2. The molecule has 4 rings (SSSR count). The van der Waals surface area contributed by atoms with Gasteiger partial charge in [0.15, 0.2) is 0 Å². The number of hydrogen-bond acceptors (Lipinski definition) is 4. The number of likely N-dealkylation sites (tertiary alicyclic amines) is 1. The maximum absolute atomic E-state index is 12.4. The first-order valence-corrected chi connectivity index (χ1v) is 10.8. The quantitative estimate of drug-likeness (QED) is 0.519. The second-order valence-corrected chi connectivity index (χ2v) is 9.26. The van der Waals surface area contributed by atoms with Crippen molar-refractivity contribution in [1.29, 1.82) is 5.26 Å². The molecule has 6 nitrogen and oxygen atoms in total. The molecule has 1 saturated heterocycles. The number of piperidine rings is 1. The Bertz CT molecular complexity index is 1150. The molecule has 0 unspecified atom stereocenters. The van der Waals surface area contributed by atoms with Crippen LogP contribution in [0.25, 0.3) is 16.6 Å². The third kappa shape index (κ3) is 4.24. The maximum Gasteiger partial charge on any atom is 0.410 e. The van der Waals surface area contributed by atoms with Crippen molar-refractivity contribution in [3.8, 4) is 11.8 Å². The first-order chi connectivity index (χ1) is 14.8. The predicted octanol–water partition coefficient (Wildman–Crippen LogP) is 5.67. The molecule has 0 radical (unpaired) electrons. The first-order valence-electron chi connectivity index (χ1n) is 10.4. The van der Waals surface area contributed by atoms with Crippen LogP contribution in [0.15, 0.2) is 42.7 Å². The van der Waals surface area contributed by atoms with E-state index in [1.165, 1.54) is 0 Å². The Morgan fingerprint density at radius 2 is 1.87 bits per heavy atom. The van der Waals surface area contributed by atoms with Gasteiger partial charge in [-0.1, -0.05) is 11.6 Å². The number of amides is 1. The number of nitriles is 1. The van der Waals surface area contributed by atoms with Gasteiger partial charge < -0.3 is 9.64 Å². The Morgan fingerprint density at radius 3 is 2.48 bits per heavy atom. The second-order valence-electron chi connectivity index (χ2n) is 8.82. The zero-order valence-corrected chi connectivity index (χ0v) is 18.7. The number of benzene rings is 1. The molecule has 3 heterocycles. The van der Waals surface area contributed by atoms with Crippen LogP contribution in [0.3, 0.4) is 0 Å². The van der Waals surface area contributed by atoms with Gasteiger partial charge in [-0.2, -0.15) is 5.26 Å². The van der Waals surface area contributed by atoms with Crippen molar-refractivity contribution in [2.75, 3.05) is 13.1 Å². The molecule has 3 aromatic rings. The lowest BCUT2D eigenvalue weighted by atomic mass is 9.88. The van der Waals surface area contributed by atoms with Crippen molar-refractivity contribution in [2.45, 2.75) is 45.1 Å². The van der Waals surface area contributed by atoms with Crippen LogP contribution < -0.4 is 0 Å². The van der Waals surface area contributed by atoms with Crippen LogP contribution >= 0.6 is 11.6 Å². The summed E-state index contributed by atoms with van der Waals surface area (Å²) in [4.78, 5) is 18.5. The standard InChI is InChI=1S/C24H25ClN4O2/c1-24(2,3)31-23(30)28-12-9-16(10-13-28)22-19-8-11-27-15-21(19)29(20(22)14-26)18-6-4-17(25)5-7-18/h4-8,11,15-16H,9-10,12-13H2,1-3H3. The van der Waals surface area contributed by atoms with E-state index in [-0.39, 0.29) is 12.0 Å². The van der Waals surface area contributed by atoms with E-state index in [9.17, 15) is 10.1 Å². The lowest BCUT2D eigenvalue weighted by Gasteiger charge is -2.33. The number of carbonyl (C=O) groups is 1. The SMILES string of the molecule is CC(C)(C)OC(=O)N1CCC(c2c(C#N)n(-c3ccc(Cl)cc3)c3cnccc23)CC1. The first kappa shape index (κ1) is 21.2. The van der Waals surface area contributed by atoms with Crippen molar-refractivity contribution in [3.63, 3.8) is 0 Å². The minimum Gasteiger partial charge on any atom is -0.444 e. The summed E-state index contributed by atoms with van der Waals surface area (Å²) >= 11 is 6.07. The Balaban J connectivity index is 1.69. The fourth-order valence-corrected chi connectivity index (χ4v) is 4.35. The molecule has 1 aliphatic heterocycles.